The molecule has 156 valence electrons. The number of H-pyrrole nitrogens is 1. The number of aryl methyl sites for hydroxylation is 2. The molecular formula is C24H24N6S. The average Bonchev–Trinajstić information content (AvgIpc) is 3.52. The van der Waals surface area contributed by atoms with Gasteiger partial charge < -0.3 is 10.7 Å². The summed E-state index contributed by atoms with van der Waals surface area (Å²) in [5, 5.41) is 0.939. The quantitative estimate of drug-likeness (QED) is 0.353. The third-order valence-electron chi connectivity index (χ3n) is 5.36. The number of nitrogens with zero attached hydrogens (tertiary/aromatic N) is 4. The maximum atomic E-state index is 5.66. The van der Waals surface area contributed by atoms with Gasteiger partial charge in [-0.25, -0.2) is 15.0 Å². The van der Waals surface area contributed by atoms with Crippen molar-refractivity contribution in [3.8, 4) is 32.7 Å². The van der Waals surface area contributed by atoms with E-state index in [1.165, 1.54) is 5.56 Å². The van der Waals surface area contributed by atoms with Crippen LogP contribution >= 0.6 is 11.3 Å². The van der Waals surface area contributed by atoms with Gasteiger partial charge in [0.1, 0.15) is 22.2 Å². The fraction of sp³-hybridized carbons (Fsp3) is 0.208. The molecule has 6 nitrogen and oxygen atoms in total. The third kappa shape index (κ3) is 3.78. The highest BCUT2D eigenvalue weighted by Gasteiger charge is 2.21. The zero-order valence-electron chi connectivity index (χ0n) is 17.4. The van der Waals surface area contributed by atoms with E-state index < -0.39 is 0 Å². The number of aromatic amines is 1. The molecule has 0 aliphatic heterocycles. The number of pyridine rings is 1. The summed E-state index contributed by atoms with van der Waals surface area (Å²) in [5.41, 5.74) is 11.9. The van der Waals surface area contributed by atoms with E-state index in [0.29, 0.717) is 0 Å². The topological polar surface area (TPSA) is 84.9 Å². The number of aromatic nitrogens is 5. The Hall–Kier alpha value is -3.29. The Bertz CT molecular complexity index is 1300. The predicted octanol–water partition coefficient (Wildman–Crippen LogP) is 5.10. The molecule has 0 unspecified atom stereocenters. The first-order chi connectivity index (χ1) is 15.2. The van der Waals surface area contributed by atoms with E-state index in [1.54, 1.807) is 17.5 Å². The van der Waals surface area contributed by atoms with E-state index >= 15 is 0 Å². The molecule has 7 heteroatoms. The lowest BCUT2D eigenvalue weighted by Crippen LogP contribution is -1.99. The van der Waals surface area contributed by atoms with Crippen molar-refractivity contribution in [3.63, 3.8) is 0 Å². The standard InChI is InChI=1S/C24H24N6S/c1-16-21(30-15-17(7-5-6-12-25)10-11-19(30)28-16)24-29-20(18-8-3-2-4-9-18)22(31-24)23-26-13-14-27-23/h2-4,8-11,13-15H,5-7,12,25H2,1H3,(H,26,27). The number of thiazole rings is 1. The second kappa shape index (κ2) is 8.45. The first-order valence-electron chi connectivity index (χ1n) is 10.5. The summed E-state index contributed by atoms with van der Waals surface area (Å²) in [6, 6.07) is 14.5. The maximum Gasteiger partial charge on any atom is 0.149 e. The van der Waals surface area contributed by atoms with Gasteiger partial charge in [0.2, 0.25) is 0 Å². The highest BCUT2D eigenvalue weighted by Crippen LogP contribution is 2.40. The summed E-state index contributed by atoms with van der Waals surface area (Å²) in [4.78, 5) is 18.6. The second-order valence-corrected chi connectivity index (χ2v) is 8.56. The molecule has 0 aliphatic rings. The molecular weight excluding hydrogens is 404 g/mol. The smallest absolute Gasteiger partial charge is 0.149 e. The lowest BCUT2D eigenvalue weighted by atomic mass is 10.1. The number of nitrogens with two attached hydrogens (primary N) is 1. The number of hydrogen-bond acceptors (Lipinski definition) is 5. The maximum absolute atomic E-state index is 5.66. The van der Waals surface area contributed by atoms with Gasteiger partial charge in [-0.05, 0) is 44.4 Å². The summed E-state index contributed by atoms with van der Waals surface area (Å²) in [5.74, 6) is 0.830. The van der Waals surface area contributed by atoms with Crippen LogP contribution in [0.25, 0.3) is 38.3 Å². The Morgan fingerprint density at radius 1 is 1.06 bits per heavy atom. The first-order valence-corrected chi connectivity index (χ1v) is 11.3. The Labute approximate surface area is 184 Å². The van der Waals surface area contributed by atoms with Crippen LogP contribution in [0.1, 0.15) is 24.1 Å². The van der Waals surface area contributed by atoms with Gasteiger partial charge in [-0.2, -0.15) is 0 Å². The molecule has 31 heavy (non-hydrogen) atoms. The summed E-state index contributed by atoms with van der Waals surface area (Å²) < 4.78 is 2.17. The lowest BCUT2D eigenvalue weighted by Gasteiger charge is -2.04. The summed E-state index contributed by atoms with van der Waals surface area (Å²) in [7, 11) is 0. The third-order valence-corrected chi connectivity index (χ3v) is 6.43. The highest BCUT2D eigenvalue weighted by atomic mass is 32.1. The number of fused-ring (bicyclic) bond motifs is 1. The van der Waals surface area contributed by atoms with Crippen molar-refractivity contribution in [2.75, 3.05) is 6.54 Å². The van der Waals surface area contributed by atoms with E-state index in [0.717, 1.165) is 69.8 Å². The molecule has 0 bridgehead atoms. The number of imidazole rings is 2. The van der Waals surface area contributed by atoms with Gasteiger partial charge >= 0.3 is 0 Å². The number of benzene rings is 1. The van der Waals surface area contributed by atoms with E-state index in [1.807, 2.05) is 31.3 Å². The Morgan fingerprint density at radius 3 is 2.71 bits per heavy atom. The van der Waals surface area contributed by atoms with Crippen molar-refractivity contribution >= 4 is 17.0 Å². The molecule has 3 N–H and O–H groups in total. The predicted molar refractivity (Wildman–Crippen MR) is 126 cm³/mol. The molecule has 0 radical (unpaired) electrons. The fourth-order valence-electron chi connectivity index (χ4n) is 3.85. The van der Waals surface area contributed by atoms with E-state index in [-0.39, 0.29) is 0 Å². The van der Waals surface area contributed by atoms with Crippen LogP contribution in [-0.2, 0) is 6.42 Å². The van der Waals surface area contributed by atoms with Gasteiger partial charge in [0.05, 0.1) is 16.3 Å². The minimum absolute atomic E-state index is 0.731. The molecule has 0 atom stereocenters. The molecule has 0 amide bonds. The zero-order valence-corrected chi connectivity index (χ0v) is 18.2. The van der Waals surface area contributed by atoms with Gasteiger partial charge in [0.15, 0.2) is 0 Å². The largest absolute Gasteiger partial charge is 0.344 e. The Morgan fingerprint density at radius 2 is 1.94 bits per heavy atom. The minimum atomic E-state index is 0.731. The van der Waals surface area contributed by atoms with Crippen LogP contribution in [0.2, 0.25) is 0 Å². The number of hydrogen-bond donors (Lipinski definition) is 2. The van der Waals surface area contributed by atoms with Gasteiger partial charge in [-0.15, -0.1) is 11.3 Å². The molecule has 0 saturated heterocycles. The van der Waals surface area contributed by atoms with Crippen LogP contribution in [0, 0.1) is 6.92 Å². The fourth-order valence-corrected chi connectivity index (χ4v) is 4.99. The van der Waals surface area contributed by atoms with Gasteiger partial charge in [-0.1, -0.05) is 36.4 Å². The Balaban J connectivity index is 1.65. The number of rotatable bonds is 7. The normalized spacial score (nSPS) is 11.4. The molecule has 0 spiro atoms. The Kier molecular flexibility index (Phi) is 5.36. The molecule has 4 heterocycles. The summed E-state index contributed by atoms with van der Waals surface area (Å²) in [6.45, 7) is 2.78. The van der Waals surface area contributed by atoms with Crippen molar-refractivity contribution in [1.82, 2.24) is 24.3 Å². The second-order valence-electron chi connectivity index (χ2n) is 7.56. The molecule has 4 aromatic heterocycles. The van der Waals surface area contributed by atoms with Crippen LogP contribution in [0.5, 0.6) is 0 Å². The molecule has 1 aromatic carbocycles. The van der Waals surface area contributed by atoms with Crippen LogP contribution in [0.4, 0.5) is 0 Å². The van der Waals surface area contributed by atoms with Crippen LogP contribution in [-0.4, -0.2) is 30.9 Å². The molecule has 0 fully saturated rings. The molecule has 5 rings (SSSR count). The minimum Gasteiger partial charge on any atom is -0.344 e. The van der Waals surface area contributed by atoms with Crippen molar-refractivity contribution < 1.29 is 0 Å². The first kappa shape index (κ1) is 19.7. The molecule has 0 saturated carbocycles. The van der Waals surface area contributed by atoms with E-state index in [4.69, 9.17) is 15.7 Å². The van der Waals surface area contributed by atoms with E-state index in [9.17, 15) is 0 Å². The van der Waals surface area contributed by atoms with Crippen LogP contribution < -0.4 is 5.73 Å². The van der Waals surface area contributed by atoms with Gasteiger partial charge in [0, 0.05) is 24.2 Å². The average molecular weight is 429 g/mol. The van der Waals surface area contributed by atoms with Crippen molar-refractivity contribution in [2.24, 2.45) is 5.73 Å². The number of nitrogens with one attached hydrogen (secondary N) is 1. The van der Waals surface area contributed by atoms with E-state index in [2.05, 4.69) is 44.8 Å². The van der Waals surface area contributed by atoms with Gasteiger partial charge in [0.25, 0.3) is 0 Å². The zero-order chi connectivity index (χ0) is 21.2. The summed E-state index contributed by atoms with van der Waals surface area (Å²) >= 11 is 1.64. The van der Waals surface area contributed by atoms with Crippen molar-refractivity contribution in [2.45, 2.75) is 26.2 Å². The molecule has 0 aliphatic carbocycles. The van der Waals surface area contributed by atoms with Crippen LogP contribution in [0.15, 0.2) is 61.1 Å². The SMILES string of the molecule is Cc1nc2ccc(CCCCN)cn2c1-c1nc(-c2ccccc2)c(-c2ncc[nH]2)s1. The van der Waals surface area contributed by atoms with Gasteiger partial charge in [-0.3, -0.25) is 4.40 Å². The lowest BCUT2D eigenvalue weighted by molar-refractivity contribution is 0.742. The number of unbranched alkanes of at least 4 members (excludes halogenated alkanes) is 1. The molecule has 5 aromatic rings. The monoisotopic (exact) mass is 428 g/mol. The summed E-state index contributed by atoms with van der Waals surface area (Å²) in [6.07, 6.45) is 8.94. The van der Waals surface area contributed by atoms with Crippen molar-refractivity contribution in [3.05, 3.63) is 72.3 Å². The highest BCUT2D eigenvalue weighted by molar-refractivity contribution is 7.18. The van der Waals surface area contributed by atoms with Crippen LogP contribution in [0.3, 0.4) is 0 Å². The van der Waals surface area contributed by atoms with Crippen molar-refractivity contribution in [1.29, 1.82) is 0 Å².